The zero-order valence-corrected chi connectivity index (χ0v) is 18.8. The molecule has 166 valence electrons. The molecule has 1 N–H and O–H groups in total. The maximum Gasteiger partial charge on any atom is 0.267 e. The summed E-state index contributed by atoms with van der Waals surface area (Å²) in [7, 11) is 1.89. The Morgan fingerprint density at radius 3 is 2.85 bits per heavy atom. The first-order valence-corrected chi connectivity index (χ1v) is 11.4. The van der Waals surface area contributed by atoms with Gasteiger partial charge >= 0.3 is 0 Å². The van der Waals surface area contributed by atoms with E-state index in [1.54, 1.807) is 10.7 Å². The van der Waals surface area contributed by atoms with Gasteiger partial charge in [0.05, 0.1) is 35.5 Å². The molecule has 34 heavy (non-hydrogen) atoms. The number of aryl methyl sites for hydroxylation is 1. The molecule has 1 aliphatic carbocycles. The van der Waals surface area contributed by atoms with Gasteiger partial charge in [-0.15, -0.1) is 4.80 Å². The highest BCUT2D eigenvalue weighted by atomic mass is 32.1. The van der Waals surface area contributed by atoms with Gasteiger partial charge in [-0.25, -0.2) is 4.98 Å². The number of pyridine rings is 1. The number of hydrogen-bond acceptors (Lipinski definition) is 8. The molecule has 0 unspecified atom stereocenters. The van der Waals surface area contributed by atoms with Gasteiger partial charge in [0.15, 0.2) is 5.82 Å². The van der Waals surface area contributed by atoms with Crippen LogP contribution in [0.5, 0.6) is 0 Å². The quantitative estimate of drug-likeness (QED) is 0.418. The lowest BCUT2D eigenvalue weighted by Crippen LogP contribution is -2.13. The van der Waals surface area contributed by atoms with Crippen molar-refractivity contribution in [3.05, 3.63) is 65.1 Å². The minimum absolute atomic E-state index is 0.254. The van der Waals surface area contributed by atoms with Gasteiger partial charge in [-0.2, -0.15) is 24.9 Å². The van der Waals surface area contributed by atoms with Crippen LogP contribution in [-0.4, -0.2) is 40.0 Å². The number of anilines is 1. The molecular formula is C23H17N9OS. The molecule has 0 atom stereocenters. The molecule has 1 aromatic carbocycles. The minimum atomic E-state index is -0.264. The smallest absolute Gasteiger partial charge is 0.267 e. The minimum Gasteiger partial charge on any atom is -0.320 e. The predicted octanol–water partition coefficient (Wildman–Crippen LogP) is 3.67. The fraction of sp³-hybridized carbons (Fsp3) is 0.174. The molecular weight excluding hydrogens is 450 g/mol. The summed E-state index contributed by atoms with van der Waals surface area (Å²) < 4.78 is 6.49. The van der Waals surface area contributed by atoms with Gasteiger partial charge in [-0.3, -0.25) is 9.48 Å². The molecule has 1 amide bonds. The van der Waals surface area contributed by atoms with Crippen LogP contribution in [0.3, 0.4) is 0 Å². The van der Waals surface area contributed by atoms with Crippen LogP contribution in [0.4, 0.5) is 5.69 Å². The van der Waals surface area contributed by atoms with Gasteiger partial charge in [-0.1, -0.05) is 12.1 Å². The fourth-order valence-corrected chi connectivity index (χ4v) is 4.93. The maximum absolute atomic E-state index is 13.3. The molecule has 5 aromatic rings. The van der Waals surface area contributed by atoms with Crippen LogP contribution in [0.15, 0.2) is 49.1 Å². The van der Waals surface area contributed by atoms with Gasteiger partial charge in [-0.05, 0) is 42.4 Å². The number of nitriles is 1. The highest BCUT2D eigenvalue weighted by molar-refractivity contribution is 7.08. The Kier molecular flexibility index (Phi) is 4.67. The van der Waals surface area contributed by atoms with E-state index in [1.165, 1.54) is 34.9 Å². The molecule has 0 radical (unpaired) electrons. The average Bonchev–Trinajstić information content (AvgIpc) is 3.23. The number of hydrogen-bond donors (Lipinski definition) is 1. The first kappa shape index (κ1) is 20.2. The number of carbonyl (C=O) groups is 1. The van der Waals surface area contributed by atoms with Gasteiger partial charge in [0, 0.05) is 29.8 Å². The molecule has 1 aliphatic rings. The number of carbonyl (C=O) groups excluding carboxylic acids is 1. The Hall–Kier alpha value is -4.43. The average molecular weight is 468 g/mol. The van der Waals surface area contributed by atoms with Crippen LogP contribution in [0, 0.1) is 11.3 Å². The molecule has 0 saturated heterocycles. The lowest BCUT2D eigenvalue weighted by atomic mass is 10.00. The molecule has 0 spiro atoms. The second-order valence-electron chi connectivity index (χ2n) is 8.07. The molecule has 1 saturated carbocycles. The van der Waals surface area contributed by atoms with Crippen LogP contribution in [0.25, 0.3) is 28.0 Å². The summed E-state index contributed by atoms with van der Waals surface area (Å²) in [5.74, 6) is 0.343. The van der Waals surface area contributed by atoms with E-state index in [-0.39, 0.29) is 11.5 Å². The maximum atomic E-state index is 13.3. The Balaban J connectivity index is 1.36. The summed E-state index contributed by atoms with van der Waals surface area (Å²) in [5.41, 5.74) is 4.36. The van der Waals surface area contributed by atoms with Gasteiger partial charge in [0.1, 0.15) is 16.5 Å². The van der Waals surface area contributed by atoms with E-state index in [1.807, 2.05) is 31.4 Å². The normalized spacial score (nSPS) is 13.2. The lowest BCUT2D eigenvalue weighted by Gasteiger charge is -2.08. The summed E-state index contributed by atoms with van der Waals surface area (Å²) in [6.45, 7) is 0. The first-order chi connectivity index (χ1) is 16.6. The molecule has 0 bridgehead atoms. The Morgan fingerprint density at radius 1 is 1.26 bits per heavy atom. The van der Waals surface area contributed by atoms with Crippen molar-refractivity contribution in [1.29, 1.82) is 5.26 Å². The molecule has 0 aliphatic heterocycles. The zero-order valence-electron chi connectivity index (χ0n) is 18.0. The van der Waals surface area contributed by atoms with Crippen molar-refractivity contribution in [1.82, 2.24) is 34.1 Å². The molecule has 4 aromatic heterocycles. The van der Waals surface area contributed by atoms with Crippen molar-refractivity contribution < 1.29 is 4.79 Å². The summed E-state index contributed by atoms with van der Waals surface area (Å²) >= 11 is 1.19. The van der Waals surface area contributed by atoms with Gasteiger partial charge in [0.25, 0.3) is 5.91 Å². The fourth-order valence-electron chi connectivity index (χ4n) is 4.05. The summed E-state index contributed by atoms with van der Waals surface area (Å²) in [5, 5.41) is 26.0. The van der Waals surface area contributed by atoms with Crippen LogP contribution in [0.1, 0.15) is 39.6 Å². The number of aromatic nitrogens is 7. The van der Waals surface area contributed by atoms with Crippen LogP contribution < -0.4 is 5.32 Å². The largest absolute Gasteiger partial charge is 0.320 e. The zero-order chi connectivity index (χ0) is 23.2. The number of fused-ring (bicyclic) bond motifs is 1. The van der Waals surface area contributed by atoms with Gasteiger partial charge in [0.2, 0.25) is 0 Å². The highest BCUT2D eigenvalue weighted by Gasteiger charge is 2.34. The van der Waals surface area contributed by atoms with E-state index < -0.39 is 0 Å². The van der Waals surface area contributed by atoms with Crippen LogP contribution in [-0.2, 0) is 7.05 Å². The first-order valence-electron chi connectivity index (χ1n) is 10.6. The molecule has 1 fully saturated rings. The second-order valence-corrected chi connectivity index (χ2v) is 8.84. The van der Waals surface area contributed by atoms with Gasteiger partial charge < -0.3 is 5.32 Å². The van der Waals surface area contributed by atoms with E-state index in [0.717, 1.165) is 40.6 Å². The SMILES string of the molecule is Cn1cc2c(-c3nsc(C(=O)Nc4cnc(-n5nccn5)c(C#N)c4)c3C3CC3)cccc2n1. The summed E-state index contributed by atoms with van der Waals surface area (Å²) in [4.78, 5) is 19.4. The third-order valence-electron chi connectivity index (χ3n) is 5.69. The van der Waals surface area contributed by atoms with E-state index >= 15 is 0 Å². The van der Waals surface area contributed by atoms with Crippen molar-refractivity contribution in [2.75, 3.05) is 5.32 Å². The second kappa shape index (κ2) is 7.86. The molecule has 6 rings (SSSR count). The van der Waals surface area contributed by atoms with E-state index in [0.29, 0.717) is 22.3 Å². The Labute approximate surface area is 197 Å². The standard InChI is InChI=1S/C23H17N9OS/c1-31-12-17-16(3-2-4-18(17)29-31)20-19(13-5-6-13)21(34-30-20)23(33)28-15-9-14(10-24)22(25-11-15)32-26-7-8-27-32/h2-4,7-9,11-13H,5-6H2,1H3,(H,28,33). The van der Waals surface area contributed by atoms with Crippen LogP contribution >= 0.6 is 11.5 Å². The van der Waals surface area contributed by atoms with E-state index in [2.05, 4.69) is 31.7 Å². The van der Waals surface area contributed by atoms with Crippen molar-refractivity contribution in [2.24, 2.45) is 7.05 Å². The predicted molar refractivity (Wildman–Crippen MR) is 126 cm³/mol. The van der Waals surface area contributed by atoms with E-state index in [4.69, 9.17) is 4.37 Å². The number of benzene rings is 1. The molecule has 11 heteroatoms. The number of rotatable bonds is 5. The monoisotopic (exact) mass is 467 g/mol. The topological polar surface area (TPSA) is 127 Å². The molecule has 4 heterocycles. The van der Waals surface area contributed by atoms with Crippen LogP contribution in [0.2, 0.25) is 0 Å². The highest BCUT2D eigenvalue weighted by Crippen LogP contribution is 2.48. The summed E-state index contributed by atoms with van der Waals surface area (Å²) in [6.07, 6.45) is 8.54. The van der Waals surface area contributed by atoms with Crippen molar-refractivity contribution in [3.8, 4) is 23.1 Å². The number of nitrogens with one attached hydrogen (secondary N) is 1. The van der Waals surface area contributed by atoms with E-state index in [9.17, 15) is 10.1 Å². The number of nitrogens with zero attached hydrogens (tertiary/aromatic N) is 8. The third kappa shape index (κ3) is 3.41. The Bertz CT molecular complexity index is 1590. The lowest BCUT2D eigenvalue weighted by molar-refractivity contribution is 0.102. The van der Waals surface area contributed by atoms with Crippen molar-refractivity contribution in [3.63, 3.8) is 0 Å². The Morgan fingerprint density at radius 2 is 2.09 bits per heavy atom. The third-order valence-corrected chi connectivity index (χ3v) is 6.55. The van der Waals surface area contributed by atoms with Crippen molar-refractivity contribution >= 4 is 34.0 Å². The van der Waals surface area contributed by atoms with Crippen molar-refractivity contribution in [2.45, 2.75) is 18.8 Å². The molecule has 10 nitrogen and oxygen atoms in total. The summed E-state index contributed by atoms with van der Waals surface area (Å²) in [6, 6.07) is 9.62. The number of amides is 1.